The van der Waals surface area contributed by atoms with E-state index in [2.05, 4.69) is 0 Å². The first-order valence-electron chi connectivity index (χ1n) is 9.97. The summed E-state index contributed by atoms with van der Waals surface area (Å²) in [5, 5.41) is 21.2. The van der Waals surface area contributed by atoms with Gasteiger partial charge in [0.05, 0.1) is 17.3 Å². The highest BCUT2D eigenvalue weighted by atomic mass is 35.5. The Labute approximate surface area is 184 Å². The van der Waals surface area contributed by atoms with Crippen molar-refractivity contribution in [3.63, 3.8) is 0 Å². The highest BCUT2D eigenvalue weighted by Gasteiger charge is 2.27. The maximum Gasteiger partial charge on any atom is 0.330 e. The van der Waals surface area contributed by atoms with Crippen LogP contribution in [-0.2, 0) is 27.1 Å². The Balaban J connectivity index is 1.83. The van der Waals surface area contributed by atoms with Gasteiger partial charge in [-0.1, -0.05) is 11.6 Å². The zero-order chi connectivity index (χ0) is 22.5. The number of methoxy groups -OCH3 is 1. The zero-order valence-corrected chi connectivity index (χ0v) is 18.1. The van der Waals surface area contributed by atoms with Crippen LogP contribution in [0.5, 0.6) is 17.5 Å². The molecule has 1 aromatic carbocycles. The van der Waals surface area contributed by atoms with Crippen LogP contribution in [0, 0.1) is 5.82 Å². The smallest absolute Gasteiger partial charge is 0.330 e. The van der Waals surface area contributed by atoms with Crippen molar-refractivity contribution >= 4 is 17.6 Å². The Morgan fingerprint density at radius 1 is 1.23 bits per heavy atom. The first kappa shape index (κ1) is 23.0. The highest BCUT2D eigenvalue weighted by molar-refractivity contribution is 6.32. The van der Waals surface area contributed by atoms with Gasteiger partial charge in [-0.05, 0) is 44.7 Å². The summed E-state index contributed by atoms with van der Waals surface area (Å²) in [4.78, 5) is 11.6. The fourth-order valence-electron chi connectivity index (χ4n) is 3.50. The molecule has 0 saturated heterocycles. The fraction of sp³-hybridized carbons (Fsp3) is 0.409. The molecule has 1 aromatic heterocycles. The van der Waals surface area contributed by atoms with E-state index in [1.54, 1.807) is 6.92 Å². The molecule has 0 aliphatic heterocycles. The van der Waals surface area contributed by atoms with Crippen LogP contribution in [0.15, 0.2) is 24.3 Å². The van der Waals surface area contributed by atoms with Crippen molar-refractivity contribution in [3.05, 3.63) is 46.3 Å². The number of nitrogens with zero attached hydrogens (tertiary/aromatic N) is 1. The van der Waals surface area contributed by atoms with Crippen molar-refractivity contribution in [1.82, 2.24) is 4.57 Å². The van der Waals surface area contributed by atoms with Crippen LogP contribution < -0.4 is 4.74 Å². The minimum absolute atomic E-state index is 0.0140. The quantitative estimate of drug-likeness (QED) is 0.356. The Hall–Kier alpha value is -2.71. The normalized spacial score (nSPS) is 14.5. The summed E-state index contributed by atoms with van der Waals surface area (Å²) in [6.45, 7) is 2.10. The number of hydrogen-bond acceptors (Lipinski definition) is 6. The van der Waals surface area contributed by atoms with Crippen molar-refractivity contribution < 1.29 is 33.6 Å². The molecular weight excluding hydrogens is 429 g/mol. The molecule has 0 spiro atoms. The molecule has 168 valence electrons. The molecule has 3 rings (SSSR count). The average Bonchev–Trinajstić information content (AvgIpc) is 2.99. The Bertz CT molecular complexity index is 958. The second-order valence-electron chi connectivity index (χ2n) is 7.22. The second-order valence-corrected chi connectivity index (χ2v) is 7.63. The van der Waals surface area contributed by atoms with Gasteiger partial charge in [-0.25, -0.2) is 13.8 Å². The summed E-state index contributed by atoms with van der Waals surface area (Å²) in [5.74, 6) is -1.52. The van der Waals surface area contributed by atoms with E-state index in [4.69, 9.17) is 25.8 Å². The Morgan fingerprint density at radius 2 is 1.87 bits per heavy atom. The predicted molar refractivity (Wildman–Crippen MR) is 113 cm³/mol. The lowest BCUT2D eigenvalue weighted by Gasteiger charge is -2.16. The molecule has 0 fully saturated rings. The minimum Gasteiger partial charge on any atom is -0.494 e. The summed E-state index contributed by atoms with van der Waals surface area (Å²) in [7, 11) is 1.50. The van der Waals surface area contributed by atoms with Gasteiger partial charge in [0.25, 0.3) is 0 Å². The van der Waals surface area contributed by atoms with Crippen LogP contribution in [0.1, 0.15) is 30.9 Å². The molecule has 0 radical (unpaired) electrons. The number of hydrogen-bond donors (Lipinski definition) is 2. The monoisotopic (exact) mass is 453 g/mol. The molecule has 0 saturated carbocycles. The van der Waals surface area contributed by atoms with Crippen molar-refractivity contribution in [1.29, 1.82) is 0 Å². The molecule has 9 heteroatoms. The van der Waals surface area contributed by atoms with Gasteiger partial charge in [0.2, 0.25) is 11.8 Å². The molecule has 1 atom stereocenters. The Morgan fingerprint density at radius 3 is 2.48 bits per heavy atom. The summed E-state index contributed by atoms with van der Waals surface area (Å²) >= 11 is 6.13. The molecule has 0 amide bonds. The lowest BCUT2D eigenvalue weighted by molar-refractivity contribution is -0.139. The summed E-state index contributed by atoms with van der Waals surface area (Å²) in [5.41, 5.74) is 1.17. The van der Waals surface area contributed by atoms with E-state index in [1.807, 2.05) is 0 Å². The van der Waals surface area contributed by atoms with Crippen LogP contribution in [0.4, 0.5) is 4.39 Å². The van der Waals surface area contributed by atoms with Gasteiger partial charge in [0, 0.05) is 30.4 Å². The van der Waals surface area contributed by atoms with Crippen LogP contribution >= 0.6 is 11.6 Å². The first-order valence-corrected chi connectivity index (χ1v) is 10.4. The van der Waals surface area contributed by atoms with E-state index in [9.17, 15) is 19.4 Å². The van der Waals surface area contributed by atoms with Gasteiger partial charge in [-0.15, -0.1) is 0 Å². The number of benzene rings is 1. The van der Waals surface area contributed by atoms with Gasteiger partial charge in [-0.3, -0.25) is 0 Å². The minimum atomic E-state index is -0.722. The van der Waals surface area contributed by atoms with Gasteiger partial charge in [-0.2, -0.15) is 0 Å². The van der Waals surface area contributed by atoms with Gasteiger partial charge in [0.15, 0.2) is 0 Å². The van der Waals surface area contributed by atoms with Crippen LogP contribution in [0.3, 0.4) is 0 Å². The highest BCUT2D eigenvalue weighted by Crippen LogP contribution is 2.42. The van der Waals surface area contributed by atoms with E-state index < -0.39 is 17.9 Å². The number of ether oxygens (including phenoxy) is 3. The number of halogens is 2. The molecule has 1 heterocycles. The van der Waals surface area contributed by atoms with Crippen molar-refractivity contribution in [2.45, 2.75) is 38.7 Å². The van der Waals surface area contributed by atoms with Crippen molar-refractivity contribution in [3.8, 4) is 23.2 Å². The number of aromatic nitrogens is 1. The van der Waals surface area contributed by atoms with Gasteiger partial charge >= 0.3 is 5.97 Å². The molecule has 2 aromatic rings. The third kappa shape index (κ3) is 5.14. The largest absolute Gasteiger partial charge is 0.494 e. The zero-order valence-electron chi connectivity index (χ0n) is 17.4. The number of aromatic hydroxyl groups is 2. The maximum atomic E-state index is 14.7. The van der Waals surface area contributed by atoms with E-state index >= 15 is 0 Å². The fourth-order valence-corrected chi connectivity index (χ4v) is 3.70. The lowest BCUT2D eigenvalue weighted by Crippen LogP contribution is -2.12. The molecule has 7 nitrogen and oxygen atoms in total. The second kappa shape index (κ2) is 10.1. The third-order valence-corrected chi connectivity index (χ3v) is 5.32. The number of esters is 1. The summed E-state index contributed by atoms with van der Waals surface area (Å²) in [6.07, 6.45) is 5.10. The van der Waals surface area contributed by atoms with Gasteiger partial charge < -0.3 is 24.4 Å². The number of rotatable bonds is 8. The van der Waals surface area contributed by atoms with E-state index in [0.717, 1.165) is 23.5 Å². The SMILES string of the molecule is COCCOC(=O)C=CC(C)Oc1cc(-n2c(O)c3c(c2O)CCCC3)c(F)cc1Cl. The topological polar surface area (TPSA) is 90.2 Å². The molecule has 31 heavy (non-hydrogen) atoms. The van der Waals surface area contributed by atoms with Crippen LogP contribution in [0.2, 0.25) is 5.02 Å². The van der Waals surface area contributed by atoms with Crippen molar-refractivity contribution in [2.24, 2.45) is 0 Å². The maximum absolute atomic E-state index is 14.7. The van der Waals surface area contributed by atoms with E-state index in [1.165, 1.54) is 25.3 Å². The van der Waals surface area contributed by atoms with Crippen LogP contribution in [0.25, 0.3) is 5.69 Å². The molecule has 0 bridgehead atoms. The molecular formula is C22H25ClFNO6. The van der Waals surface area contributed by atoms with E-state index in [0.29, 0.717) is 30.6 Å². The Kier molecular flexibility index (Phi) is 7.46. The molecule has 1 unspecified atom stereocenters. The van der Waals surface area contributed by atoms with Crippen molar-refractivity contribution in [2.75, 3.05) is 20.3 Å². The van der Waals surface area contributed by atoms with Crippen LogP contribution in [-0.4, -0.2) is 47.2 Å². The average molecular weight is 454 g/mol. The number of carbonyl (C=O) groups is 1. The van der Waals surface area contributed by atoms with Gasteiger partial charge in [0.1, 0.15) is 24.3 Å². The lowest BCUT2D eigenvalue weighted by atomic mass is 9.95. The summed E-state index contributed by atoms with van der Waals surface area (Å²) in [6, 6.07) is 2.36. The molecule has 2 N–H and O–H groups in total. The number of carbonyl (C=O) groups excluding carboxylic acids is 1. The van der Waals surface area contributed by atoms with E-state index in [-0.39, 0.29) is 34.8 Å². The summed E-state index contributed by atoms with van der Waals surface area (Å²) < 4.78 is 31.2. The standard InChI is InChI=1S/C22H25ClFNO6/c1-13(7-8-20(26)30-10-9-29-2)31-19-12-18(17(24)11-16(19)23)25-21(27)14-5-3-4-6-15(14)22(25)28/h7-8,11-13,27-28H,3-6,9-10H2,1-2H3. The third-order valence-electron chi connectivity index (χ3n) is 5.02. The number of fused-ring (bicyclic) bond motifs is 1. The predicted octanol–water partition coefficient (Wildman–Crippen LogP) is 4.07. The molecule has 1 aliphatic rings. The molecule has 1 aliphatic carbocycles. The first-order chi connectivity index (χ1) is 14.8.